The Hall–Kier alpha value is -15.0. The molecule has 9 aromatic carbocycles. The Kier molecular flexibility index (Phi) is 30.9. The summed E-state index contributed by atoms with van der Waals surface area (Å²) >= 11 is 0. The Morgan fingerprint density at radius 2 is 0.839 bits per heavy atom. The number of benzene rings is 9. The number of likely N-dealkylation sites (tertiary alicyclic amines) is 3. The van der Waals surface area contributed by atoms with Gasteiger partial charge in [0.25, 0.3) is 0 Å². The molecule has 5 aliphatic heterocycles. The molecule has 0 spiro atoms. The quantitative estimate of drug-likeness (QED) is 0.0349. The Balaban J connectivity index is 0.000000123. The number of pyridine rings is 4. The van der Waals surface area contributed by atoms with Crippen molar-refractivity contribution in [2.24, 2.45) is 0 Å². The SMILES string of the molecule is CC(C)(C)OC(=O)N1CC[C@@H](n2c(=O)n(-c3ccc(O)cc3)c3cnccc32)C1.COc1cccc(B(O)O)c1.O=C1Cc2cnccc2N1[C@@H]1CCN(Cc2ccccc2)C1.O=c1n(-c2ccc(O)cc2)c2cnccc2n1[C@@H]1CCNC1.O=c1n(-c2ccc(OCc3ccccc3)cc2)c2cnccc2n1[C@@H]1CCN(Cc2ccccc2)C1.OB(O)c1ccc(OCc2ccccc2)cc1. The van der Waals surface area contributed by atoms with Crippen LogP contribution in [0.25, 0.3) is 50.2 Å². The van der Waals surface area contributed by atoms with Gasteiger partial charge in [-0.1, -0.05) is 146 Å². The summed E-state index contributed by atoms with van der Waals surface area (Å²) in [5.41, 5.74) is 14.0. The number of ether oxygens (including phenoxy) is 4. The molecule has 16 aromatic rings. The molecule has 5 aliphatic rings. The van der Waals surface area contributed by atoms with Crippen LogP contribution >= 0.6 is 0 Å². The van der Waals surface area contributed by atoms with E-state index >= 15 is 0 Å². The zero-order valence-corrected chi connectivity index (χ0v) is 76.6. The fraction of sp³-hybridized carbons (Fsp3) is 0.248. The maximum Gasteiger partial charge on any atom is 0.488 e. The van der Waals surface area contributed by atoms with Gasteiger partial charge in [0.1, 0.15) is 47.6 Å². The van der Waals surface area contributed by atoms with Crippen molar-refractivity contribution in [3.63, 3.8) is 0 Å². The van der Waals surface area contributed by atoms with Crippen molar-refractivity contribution < 1.29 is 58.8 Å². The molecule has 137 heavy (non-hydrogen) atoms. The molecule has 4 atom stereocenters. The maximum absolute atomic E-state index is 13.8. The van der Waals surface area contributed by atoms with Crippen LogP contribution in [0.1, 0.15) is 92.4 Å². The third-order valence-electron chi connectivity index (χ3n) is 24.5. The predicted molar refractivity (Wildman–Crippen MR) is 529 cm³/mol. The van der Waals surface area contributed by atoms with Gasteiger partial charge in [0.05, 0.1) is 112 Å². The monoisotopic (exact) mass is 1840 g/mol. The topological polar surface area (TPSA) is 350 Å². The van der Waals surface area contributed by atoms with Crippen LogP contribution in [0.15, 0.2) is 331 Å². The van der Waals surface area contributed by atoms with Gasteiger partial charge in [-0.25, -0.2) is 19.2 Å². The number of hydrogen-bond acceptors (Lipinski definition) is 22. The van der Waals surface area contributed by atoms with Crippen LogP contribution in [0, 0.1) is 0 Å². The van der Waals surface area contributed by atoms with E-state index < -0.39 is 19.8 Å². The predicted octanol–water partition coefficient (Wildman–Crippen LogP) is 12.3. The van der Waals surface area contributed by atoms with E-state index in [9.17, 15) is 34.2 Å². The summed E-state index contributed by atoms with van der Waals surface area (Å²) in [5.74, 6) is 2.62. The molecule has 21 rings (SSSR count). The fourth-order valence-electron chi connectivity index (χ4n) is 17.8. The van der Waals surface area contributed by atoms with E-state index in [4.69, 9.17) is 39.0 Å². The number of imidazole rings is 3. The van der Waals surface area contributed by atoms with Gasteiger partial charge in [0, 0.05) is 95.5 Å². The van der Waals surface area contributed by atoms with Crippen molar-refractivity contribution in [1.82, 2.24) is 67.4 Å². The average molecular weight is 1840 g/mol. The molecule has 0 aliphatic carbocycles. The fourth-order valence-corrected chi connectivity index (χ4v) is 17.8. The highest BCUT2D eigenvalue weighted by Gasteiger charge is 2.38. The normalized spacial score (nSPS) is 16.1. The number of carbonyl (C=O) groups excluding carboxylic acids is 2. The molecule has 0 unspecified atom stereocenters. The van der Waals surface area contributed by atoms with Crippen molar-refractivity contribution in [1.29, 1.82) is 0 Å². The van der Waals surface area contributed by atoms with Gasteiger partial charge >= 0.3 is 37.4 Å². The van der Waals surface area contributed by atoms with Gasteiger partial charge in [-0.05, 0) is 208 Å². The lowest BCUT2D eigenvalue weighted by atomic mass is 9.80. The molecule has 4 fully saturated rings. The number of carbonyl (C=O) groups is 2. The van der Waals surface area contributed by atoms with Gasteiger partial charge < -0.3 is 64.4 Å². The van der Waals surface area contributed by atoms with Crippen LogP contribution in [0.4, 0.5) is 10.5 Å². The van der Waals surface area contributed by atoms with Gasteiger partial charge in [-0.2, -0.15) is 0 Å². The number of methoxy groups -OCH3 is 1. The smallest absolute Gasteiger partial charge is 0.488 e. The zero-order valence-electron chi connectivity index (χ0n) is 76.6. The summed E-state index contributed by atoms with van der Waals surface area (Å²) in [6, 6.07) is 83.2. The molecule has 12 heterocycles. The minimum absolute atomic E-state index is 0.0254. The largest absolute Gasteiger partial charge is 0.508 e. The first kappa shape index (κ1) is 95.1. The van der Waals surface area contributed by atoms with E-state index in [-0.39, 0.29) is 58.7 Å². The number of aromatic nitrogens is 10. The summed E-state index contributed by atoms with van der Waals surface area (Å²) in [7, 11) is -1.33. The summed E-state index contributed by atoms with van der Waals surface area (Å²) in [5, 5.41) is 57.7. The second kappa shape index (κ2) is 44.4. The Morgan fingerprint density at radius 1 is 0.423 bits per heavy atom. The van der Waals surface area contributed by atoms with Gasteiger partial charge in [0.2, 0.25) is 5.91 Å². The van der Waals surface area contributed by atoms with E-state index in [0.29, 0.717) is 78.8 Å². The first-order chi connectivity index (χ1) is 66.6. The minimum atomic E-state index is -1.43. The van der Waals surface area contributed by atoms with Gasteiger partial charge in [-0.15, -0.1) is 0 Å². The summed E-state index contributed by atoms with van der Waals surface area (Å²) in [4.78, 5) is 90.2. The van der Waals surface area contributed by atoms with Crippen LogP contribution in [0.3, 0.4) is 0 Å². The number of nitrogens with one attached hydrogen (secondary N) is 1. The number of nitrogens with zero attached hydrogens (tertiary/aromatic N) is 14. The highest BCUT2D eigenvalue weighted by molar-refractivity contribution is 6.59. The van der Waals surface area contributed by atoms with E-state index in [2.05, 4.69) is 83.6 Å². The number of amides is 2. The van der Waals surface area contributed by atoms with E-state index in [1.807, 2.05) is 162 Å². The lowest BCUT2D eigenvalue weighted by Gasteiger charge is -2.25. The van der Waals surface area contributed by atoms with Crippen molar-refractivity contribution in [2.45, 2.75) is 109 Å². The van der Waals surface area contributed by atoms with Crippen molar-refractivity contribution in [3.8, 4) is 45.8 Å². The van der Waals surface area contributed by atoms with Crippen LogP contribution < -0.4 is 52.4 Å². The number of rotatable bonds is 20. The van der Waals surface area contributed by atoms with Crippen molar-refractivity contribution in [2.75, 3.05) is 64.4 Å². The second-order valence-electron chi connectivity index (χ2n) is 35.0. The van der Waals surface area contributed by atoms with Crippen molar-refractivity contribution >= 4 is 76.0 Å². The average Bonchev–Trinajstić information content (AvgIpc) is 1.61. The molecule has 7 N–H and O–H groups in total. The van der Waals surface area contributed by atoms with Crippen LogP contribution in [-0.2, 0) is 42.3 Å². The maximum atomic E-state index is 13.8. The molecular weight excluding hydrogens is 1730 g/mol. The first-order valence-electron chi connectivity index (χ1n) is 45.7. The molecule has 700 valence electrons. The lowest BCUT2D eigenvalue weighted by Crippen LogP contribution is -2.39. The van der Waals surface area contributed by atoms with Crippen molar-refractivity contribution in [3.05, 3.63) is 376 Å². The summed E-state index contributed by atoms with van der Waals surface area (Å²) in [6.07, 6.45) is 17.6. The Labute approximate surface area is 792 Å². The molecule has 0 radical (unpaired) electrons. The van der Waals surface area contributed by atoms with Crippen LogP contribution in [0.5, 0.6) is 28.7 Å². The van der Waals surface area contributed by atoms with E-state index in [1.54, 1.807) is 164 Å². The number of hydrogen-bond donors (Lipinski definition) is 7. The number of aromatic hydroxyl groups is 2. The summed E-state index contributed by atoms with van der Waals surface area (Å²) in [6.45, 7) is 14.8. The molecule has 0 bridgehead atoms. The molecule has 4 saturated heterocycles. The molecule has 30 nitrogen and oxygen atoms in total. The van der Waals surface area contributed by atoms with Crippen LogP contribution in [-0.4, -0.2) is 190 Å². The first-order valence-corrected chi connectivity index (χ1v) is 45.7. The van der Waals surface area contributed by atoms with E-state index in [0.717, 1.165) is 139 Å². The summed E-state index contributed by atoms with van der Waals surface area (Å²) < 4.78 is 32.4. The van der Waals surface area contributed by atoms with E-state index in [1.165, 1.54) is 18.2 Å². The molecule has 2 amide bonds. The molecule has 32 heteroatoms. The van der Waals surface area contributed by atoms with Crippen LogP contribution in [0.2, 0.25) is 0 Å². The second-order valence-corrected chi connectivity index (χ2v) is 35.0. The Morgan fingerprint density at radius 3 is 1.29 bits per heavy atom. The standard InChI is InChI=1S/C30H28N4O2.C21H24N4O4.C18H19N3O.C16H16N4O2.C13H13BO3.C7H9BO3/c35-30-33(25-11-13-27(14-12-25)36-22-24-9-5-2-6-10-24)29-19-31-17-15-28(29)34(30)26-16-18-32(21-26)20-23-7-3-1-4-8-23;1-21(2,3)29-20(28)23-11-9-15(13-23)25-17-8-10-22-12-18(17)24(19(25)27)14-4-6-16(26)7-5-14;22-18-10-15-11-19-8-6-17(15)21(18)16-7-9-20(13-16)12-14-4-2-1-3-5-14;21-13-3-1-11(2-4-13)19-15-10-18-8-6-14(15)20(16(19)22)12-5-7-17-9-12;15-14(16)12-6-8-13(9-7-12)17-10-11-4-2-1-3-5-11;1-11-7-4-2-3-6(5-7)8(9)10/h1-15,17,19,26H,16,18,20-22H2;4-8,10,12,15,26H,9,11,13H2,1-3H3;1-6,8,11,16H,7,9-10,12-13H2;1-4,6,8,10,12,17,21H,5,7,9H2;1-9,15-16H,10H2;2-5,9-10H,1H3/t26-;15-;16-;12-;;/m1111../s1. The van der Waals surface area contributed by atoms with Gasteiger partial charge in [-0.3, -0.25) is 61.9 Å². The highest BCUT2D eigenvalue weighted by Crippen LogP contribution is 2.35. The lowest BCUT2D eigenvalue weighted by molar-refractivity contribution is -0.117. The van der Waals surface area contributed by atoms with Gasteiger partial charge in [0.15, 0.2) is 0 Å². The number of fused-ring (bicyclic) bond motifs is 4. The third kappa shape index (κ3) is 23.5. The minimum Gasteiger partial charge on any atom is -0.508 e. The molecule has 0 saturated carbocycles. The Bertz CT molecular complexity index is 6900. The molecule has 7 aromatic heterocycles. The zero-order chi connectivity index (χ0) is 95.5. The number of phenolic OH excluding ortho intramolecular Hbond substituents is 2. The highest BCUT2D eigenvalue weighted by atomic mass is 16.6. The number of anilines is 1. The third-order valence-corrected chi connectivity index (χ3v) is 24.5. The molecular formula is C105H109B2N15O15. The number of phenols is 2.